The highest BCUT2D eigenvalue weighted by atomic mass is 16.5. The highest BCUT2D eigenvalue weighted by Gasteiger charge is 2.26. The monoisotopic (exact) mass is 363 g/mol. The molecular formula is C21H21N3O3. The second-order valence-electron chi connectivity index (χ2n) is 6.15. The van der Waals surface area contributed by atoms with Crippen molar-refractivity contribution in [2.75, 3.05) is 13.2 Å². The summed E-state index contributed by atoms with van der Waals surface area (Å²) in [6, 6.07) is 16.7. The zero-order chi connectivity index (χ0) is 19.2. The van der Waals surface area contributed by atoms with E-state index in [0.717, 1.165) is 23.2 Å². The first-order valence-electron chi connectivity index (χ1n) is 8.83. The molecule has 0 saturated heterocycles. The maximum Gasteiger partial charge on any atom is 0.194 e. The van der Waals surface area contributed by atoms with Gasteiger partial charge < -0.3 is 14.0 Å². The number of hydrogen-bond acceptors (Lipinski definition) is 5. The van der Waals surface area contributed by atoms with Crippen molar-refractivity contribution in [2.24, 2.45) is 7.05 Å². The molecule has 0 aliphatic carbocycles. The fraction of sp³-hybridized carbons (Fsp3) is 0.286. The number of hydrogen-bond donors (Lipinski definition) is 0. The van der Waals surface area contributed by atoms with Gasteiger partial charge in [-0.25, -0.2) is 4.98 Å². The van der Waals surface area contributed by atoms with Crippen molar-refractivity contribution in [3.05, 3.63) is 54.4 Å². The van der Waals surface area contributed by atoms with E-state index >= 15 is 0 Å². The van der Waals surface area contributed by atoms with E-state index in [9.17, 15) is 10.1 Å². The zero-order valence-corrected chi connectivity index (χ0v) is 15.4. The summed E-state index contributed by atoms with van der Waals surface area (Å²) in [6.07, 6.45) is 0.935. The minimum atomic E-state index is -0.977. The molecule has 6 nitrogen and oxygen atoms in total. The quantitative estimate of drug-likeness (QED) is 0.611. The molecule has 0 bridgehead atoms. The van der Waals surface area contributed by atoms with Crippen LogP contribution in [0.1, 0.15) is 25.1 Å². The number of aromatic nitrogens is 2. The highest BCUT2D eigenvalue weighted by Crippen LogP contribution is 2.22. The Morgan fingerprint density at radius 2 is 1.81 bits per heavy atom. The van der Waals surface area contributed by atoms with E-state index < -0.39 is 5.92 Å². The lowest BCUT2D eigenvalue weighted by molar-refractivity contribution is -0.121. The van der Waals surface area contributed by atoms with Gasteiger partial charge in [0.25, 0.3) is 0 Å². The van der Waals surface area contributed by atoms with E-state index in [1.807, 2.05) is 31.2 Å². The Labute approximate surface area is 158 Å². The predicted molar refractivity (Wildman–Crippen MR) is 102 cm³/mol. The smallest absolute Gasteiger partial charge is 0.194 e. The molecule has 0 N–H and O–H groups in total. The number of nitrogens with zero attached hydrogens (tertiary/aromatic N) is 3. The van der Waals surface area contributed by atoms with Crippen molar-refractivity contribution < 1.29 is 14.3 Å². The lowest BCUT2D eigenvalue weighted by Crippen LogP contribution is -2.21. The van der Waals surface area contributed by atoms with E-state index in [-0.39, 0.29) is 12.4 Å². The lowest BCUT2D eigenvalue weighted by Gasteiger charge is -2.11. The van der Waals surface area contributed by atoms with Crippen molar-refractivity contribution in [1.82, 2.24) is 9.55 Å². The van der Waals surface area contributed by atoms with Crippen LogP contribution in [-0.4, -0.2) is 28.5 Å². The summed E-state index contributed by atoms with van der Waals surface area (Å²) in [4.78, 5) is 17.0. The van der Waals surface area contributed by atoms with Crippen molar-refractivity contribution in [3.63, 3.8) is 0 Å². The van der Waals surface area contributed by atoms with Crippen molar-refractivity contribution >= 4 is 16.8 Å². The SMILES string of the molecule is CCCOc1ccc(OCC(=O)C(C#N)c2nc3ccccc3n2C)cc1. The Morgan fingerprint density at radius 3 is 2.44 bits per heavy atom. The summed E-state index contributed by atoms with van der Waals surface area (Å²) in [5.41, 5.74) is 1.63. The molecule has 2 aromatic carbocycles. The molecule has 0 radical (unpaired) electrons. The second kappa shape index (κ2) is 8.37. The third-order valence-electron chi connectivity index (χ3n) is 4.21. The maximum absolute atomic E-state index is 12.6. The molecule has 1 unspecified atom stereocenters. The largest absolute Gasteiger partial charge is 0.494 e. The lowest BCUT2D eigenvalue weighted by atomic mass is 10.1. The van der Waals surface area contributed by atoms with Crippen LogP contribution in [0.4, 0.5) is 0 Å². The standard InChI is InChI=1S/C21H21N3O3/c1-3-12-26-15-8-10-16(11-9-15)27-14-20(25)17(13-22)21-23-18-6-4-5-7-19(18)24(21)2/h4-11,17H,3,12,14H2,1-2H3. The van der Waals surface area contributed by atoms with Crippen molar-refractivity contribution in [1.29, 1.82) is 5.26 Å². The molecule has 0 spiro atoms. The Balaban J connectivity index is 1.68. The second-order valence-corrected chi connectivity index (χ2v) is 6.15. The van der Waals surface area contributed by atoms with Crippen molar-refractivity contribution in [3.8, 4) is 17.6 Å². The summed E-state index contributed by atoms with van der Waals surface area (Å²) >= 11 is 0. The van der Waals surface area contributed by atoms with Crippen LogP contribution in [0.2, 0.25) is 0 Å². The van der Waals surface area contributed by atoms with Gasteiger partial charge in [-0.05, 0) is 42.8 Å². The molecule has 3 aromatic rings. The number of ketones is 1. The van der Waals surface area contributed by atoms with Crippen LogP contribution in [0.3, 0.4) is 0 Å². The van der Waals surface area contributed by atoms with Gasteiger partial charge in [-0.1, -0.05) is 19.1 Å². The third kappa shape index (κ3) is 4.09. The summed E-state index contributed by atoms with van der Waals surface area (Å²) in [7, 11) is 1.80. The third-order valence-corrected chi connectivity index (χ3v) is 4.21. The number of carbonyl (C=O) groups excluding carboxylic acids is 1. The van der Waals surface area contributed by atoms with E-state index in [2.05, 4.69) is 11.1 Å². The molecule has 0 saturated carbocycles. The zero-order valence-electron chi connectivity index (χ0n) is 15.4. The Kier molecular flexibility index (Phi) is 5.72. The molecule has 1 atom stereocenters. The van der Waals surface area contributed by atoms with Crippen LogP contribution in [0, 0.1) is 11.3 Å². The van der Waals surface area contributed by atoms with Gasteiger partial charge in [-0.15, -0.1) is 0 Å². The summed E-state index contributed by atoms with van der Waals surface area (Å²) in [5.74, 6) is 0.423. The molecule has 1 heterocycles. The maximum atomic E-state index is 12.6. The van der Waals surface area contributed by atoms with Gasteiger partial charge in [-0.2, -0.15) is 5.26 Å². The first kappa shape index (κ1) is 18.5. The number of rotatable bonds is 8. The molecule has 0 amide bonds. The van der Waals surface area contributed by atoms with Gasteiger partial charge in [0, 0.05) is 7.05 Å². The molecule has 0 aliphatic rings. The number of carbonyl (C=O) groups is 1. The average molecular weight is 363 g/mol. The van der Waals surface area contributed by atoms with Crippen LogP contribution in [0.5, 0.6) is 11.5 Å². The fourth-order valence-electron chi connectivity index (χ4n) is 2.79. The Bertz CT molecular complexity index is 970. The number of para-hydroxylation sites is 2. The number of Topliss-reactive ketones (excluding diaryl/α,β-unsaturated/α-hetero) is 1. The number of ether oxygens (including phenoxy) is 2. The van der Waals surface area contributed by atoms with Crippen LogP contribution in [0.25, 0.3) is 11.0 Å². The van der Waals surface area contributed by atoms with Gasteiger partial charge in [0.15, 0.2) is 11.7 Å². The molecule has 138 valence electrons. The molecule has 1 aromatic heterocycles. The Morgan fingerprint density at radius 1 is 1.15 bits per heavy atom. The minimum absolute atomic E-state index is 0.198. The van der Waals surface area contributed by atoms with Crippen LogP contribution in [0.15, 0.2) is 48.5 Å². The van der Waals surface area contributed by atoms with Crippen LogP contribution < -0.4 is 9.47 Å². The summed E-state index contributed by atoms with van der Waals surface area (Å²) in [5, 5.41) is 9.52. The van der Waals surface area contributed by atoms with Gasteiger partial charge >= 0.3 is 0 Å². The number of fused-ring (bicyclic) bond motifs is 1. The van der Waals surface area contributed by atoms with Gasteiger partial charge in [0.1, 0.15) is 23.9 Å². The molecule has 6 heteroatoms. The van der Waals surface area contributed by atoms with E-state index in [4.69, 9.17) is 9.47 Å². The van der Waals surface area contributed by atoms with Crippen LogP contribution in [-0.2, 0) is 11.8 Å². The summed E-state index contributed by atoms with van der Waals surface area (Å²) < 4.78 is 12.8. The summed E-state index contributed by atoms with van der Waals surface area (Å²) in [6.45, 7) is 2.50. The van der Waals surface area contributed by atoms with E-state index in [1.165, 1.54) is 0 Å². The van der Waals surface area contributed by atoms with Gasteiger partial charge in [0.05, 0.1) is 23.7 Å². The normalized spacial score (nSPS) is 11.7. The predicted octanol–water partition coefficient (Wildman–Crippen LogP) is 3.62. The molecule has 0 aliphatic heterocycles. The highest BCUT2D eigenvalue weighted by molar-refractivity contribution is 5.90. The van der Waals surface area contributed by atoms with Crippen LogP contribution >= 0.6 is 0 Å². The van der Waals surface area contributed by atoms with Gasteiger partial charge in [-0.3, -0.25) is 4.79 Å². The number of benzene rings is 2. The van der Waals surface area contributed by atoms with Crippen molar-refractivity contribution in [2.45, 2.75) is 19.3 Å². The van der Waals surface area contributed by atoms with E-state index in [0.29, 0.717) is 18.2 Å². The topological polar surface area (TPSA) is 77.1 Å². The molecule has 3 rings (SSSR count). The first-order valence-corrected chi connectivity index (χ1v) is 8.83. The number of aryl methyl sites for hydroxylation is 1. The molecular weight excluding hydrogens is 342 g/mol. The van der Waals surface area contributed by atoms with E-state index in [1.54, 1.807) is 35.9 Å². The molecule has 27 heavy (non-hydrogen) atoms. The Hall–Kier alpha value is -3.33. The number of imidazole rings is 1. The number of nitriles is 1. The van der Waals surface area contributed by atoms with Gasteiger partial charge in [0.2, 0.25) is 0 Å². The molecule has 0 fully saturated rings. The first-order chi connectivity index (χ1) is 13.1. The average Bonchev–Trinajstić information content (AvgIpc) is 3.03. The fourth-order valence-corrected chi connectivity index (χ4v) is 2.79. The minimum Gasteiger partial charge on any atom is -0.494 e.